The fraction of sp³-hybridized carbons (Fsp3) is 0.261. The van der Waals surface area contributed by atoms with E-state index in [9.17, 15) is 23.1 Å². The molecule has 0 aliphatic carbocycles. The lowest BCUT2D eigenvalue weighted by Gasteiger charge is -2.37. The van der Waals surface area contributed by atoms with Gasteiger partial charge in [0, 0.05) is 29.0 Å². The van der Waals surface area contributed by atoms with Crippen molar-refractivity contribution in [2.24, 2.45) is 0 Å². The van der Waals surface area contributed by atoms with Crippen LogP contribution in [0, 0.1) is 6.92 Å². The minimum Gasteiger partial charge on any atom is -0.489 e. The van der Waals surface area contributed by atoms with Gasteiger partial charge in [0.15, 0.2) is 5.60 Å². The van der Waals surface area contributed by atoms with Crippen LogP contribution in [0.15, 0.2) is 54.9 Å². The van der Waals surface area contributed by atoms with E-state index in [0.29, 0.717) is 11.3 Å². The molecule has 1 aromatic carbocycles. The molecule has 3 aromatic rings. The largest absolute Gasteiger partial charge is 0.489 e. The van der Waals surface area contributed by atoms with E-state index in [2.05, 4.69) is 9.97 Å². The van der Waals surface area contributed by atoms with Crippen LogP contribution in [-0.2, 0) is 12.2 Å². The van der Waals surface area contributed by atoms with Crippen LogP contribution in [0.3, 0.4) is 0 Å². The molecular formula is C23H20ClF3N2O4. The molecule has 6 nitrogen and oxygen atoms in total. The Morgan fingerprint density at radius 1 is 1.12 bits per heavy atom. The molecule has 0 amide bonds. The Bertz CT molecular complexity index is 1170. The van der Waals surface area contributed by atoms with Crippen molar-refractivity contribution in [3.63, 3.8) is 0 Å². The fourth-order valence-corrected chi connectivity index (χ4v) is 3.80. The van der Waals surface area contributed by atoms with Crippen molar-refractivity contribution in [2.75, 3.05) is 0 Å². The average molecular weight is 481 g/mol. The summed E-state index contributed by atoms with van der Waals surface area (Å²) in [6, 6.07) is 9.39. The zero-order chi connectivity index (χ0) is 24.4. The number of carboxylic acid groups (broad SMARTS) is 1. The molecule has 2 atom stereocenters. The molecule has 0 saturated carbocycles. The number of halogens is 4. The van der Waals surface area contributed by atoms with Crippen LogP contribution >= 0.6 is 11.6 Å². The molecule has 2 aromatic heterocycles. The molecule has 0 spiro atoms. The molecule has 0 radical (unpaired) electrons. The second kappa shape index (κ2) is 9.36. The van der Waals surface area contributed by atoms with Crippen LogP contribution in [0.2, 0.25) is 5.02 Å². The molecule has 2 N–H and O–H groups in total. The van der Waals surface area contributed by atoms with Crippen molar-refractivity contribution in [2.45, 2.75) is 38.1 Å². The van der Waals surface area contributed by atoms with E-state index in [4.69, 9.17) is 21.4 Å². The third-order valence-corrected chi connectivity index (χ3v) is 5.61. The van der Waals surface area contributed by atoms with Gasteiger partial charge in [0.2, 0.25) is 0 Å². The van der Waals surface area contributed by atoms with Crippen LogP contribution in [0.1, 0.15) is 45.7 Å². The zero-order valence-electron chi connectivity index (χ0n) is 17.6. The maximum atomic E-state index is 14.1. The molecule has 2 unspecified atom stereocenters. The molecular weight excluding hydrogens is 461 g/mol. The maximum absolute atomic E-state index is 14.1. The van der Waals surface area contributed by atoms with Crippen LogP contribution < -0.4 is 4.74 Å². The number of rotatable bonds is 7. The lowest BCUT2D eigenvalue weighted by molar-refractivity contribution is -0.274. The van der Waals surface area contributed by atoms with E-state index in [1.165, 1.54) is 56.6 Å². The SMILES string of the molecule is Cc1cc(C(O)(C(C)c2ccc(OCc3ccnc(C(=O)O)c3)cc2Cl)C(F)(F)F)ccn1. The van der Waals surface area contributed by atoms with Gasteiger partial charge >= 0.3 is 12.1 Å². The normalized spacial score (nSPS) is 14.4. The summed E-state index contributed by atoms with van der Waals surface area (Å²) in [4.78, 5) is 18.6. The first kappa shape index (κ1) is 24.5. The van der Waals surface area contributed by atoms with E-state index in [1.54, 1.807) is 6.07 Å². The molecule has 3 rings (SSSR count). The Hall–Kier alpha value is -3.17. The third-order valence-electron chi connectivity index (χ3n) is 5.28. The lowest BCUT2D eigenvalue weighted by atomic mass is 9.78. The monoisotopic (exact) mass is 480 g/mol. The van der Waals surface area contributed by atoms with Crippen molar-refractivity contribution < 1.29 is 32.9 Å². The van der Waals surface area contributed by atoms with Crippen molar-refractivity contribution in [1.29, 1.82) is 0 Å². The number of aromatic nitrogens is 2. The average Bonchev–Trinajstić information content (AvgIpc) is 2.76. The van der Waals surface area contributed by atoms with Gasteiger partial charge in [-0.1, -0.05) is 24.6 Å². The van der Waals surface area contributed by atoms with Gasteiger partial charge in [-0.25, -0.2) is 9.78 Å². The van der Waals surface area contributed by atoms with E-state index in [-0.39, 0.29) is 34.2 Å². The number of carboxylic acids is 1. The zero-order valence-corrected chi connectivity index (χ0v) is 18.4. The van der Waals surface area contributed by atoms with Crippen molar-refractivity contribution in [3.05, 3.63) is 88.0 Å². The molecule has 0 saturated heterocycles. The fourth-order valence-electron chi connectivity index (χ4n) is 3.46. The summed E-state index contributed by atoms with van der Waals surface area (Å²) in [6.07, 6.45) is -2.44. The summed E-state index contributed by atoms with van der Waals surface area (Å²) in [5.41, 5.74) is -2.73. The molecule has 174 valence electrons. The Labute approximate surface area is 192 Å². The van der Waals surface area contributed by atoms with Gasteiger partial charge in [-0.3, -0.25) is 4.98 Å². The third kappa shape index (κ3) is 5.09. The van der Waals surface area contributed by atoms with E-state index in [0.717, 1.165) is 6.07 Å². The second-order valence-corrected chi connectivity index (χ2v) is 7.91. The molecule has 0 bridgehead atoms. The maximum Gasteiger partial charge on any atom is 0.422 e. The highest BCUT2D eigenvalue weighted by Gasteiger charge is 2.59. The summed E-state index contributed by atoms with van der Waals surface area (Å²) < 4.78 is 47.8. The van der Waals surface area contributed by atoms with Gasteiger partial charge in [0.1, 0.15) is 18.1 Å². The lowest BCUT2D eigenvalue weighted by Crippen LogP contribution is -2.46. The predicted octanol–water partition coefficient (Wildman–Crippen LogP) is 5.27. The Morgan fingerprint density at radius 3 is 2.42 bits per heavy atom. The summed E-state index contributed by atoms with van der Waals surface area (Å²) in [6.45, 7) is 2.78. The smallest absolute Gasteiger partial charge is 0.422 e. The highest BCUT2D eigenvalue weighted by Crippen LogP contribution is 2.50. The Kier molecular flexibility index (Phi) is 6.94. The molecule has 33 heavy (non-hydrogen) atoms. The number of nitrogens with zero attached hydrogens (tertiary/aromatic N) is 2. The van der Waals surface area contributed by atoms with Gasteiger partial charge in [0.05, 0.1) is 0 Å². The number of aryl methyl sites for hydroxylation is 1. The van der Waals surface area contributed by atoms with Gasteiger partial charge in [-0.2, -0.15) is 13.2 Å². The minimum atomic E-state index is -4.98. The van der Waals surface area contributed by atoms with Crippen molar-refractivity contribution in [3.8, 4) is 5.75 Å². The summed E-state index contributed by atoms with van der Waals surface area (Å²) >= 11 is 6.29. The number of alkyl halides is 3. The topological polar surface area (TPSA) is 92.5 Å². The molecule has 0 aliphatic rings. The number of ether oxygens (including phenoxy) is 1. The van der Waals surface area contributed by atoms with Crippen LogP contribution in [0.5, 0.6) is 5.75 Å². The van der Waals surface area contributed by atoms with Crippen LogP contribution in [0.4, 0.5) is 13.2 Å². The van der Waals surface area contributed by atoms with Crippen LogP contribution in [-0.4, -0.2) is 32.3 Å². The molecule has 0 aliphatic heterocycles. The van der Waals surface area contributed by atoms with Gasteiger partial charge in [0.25, 0.3) is 0 Å². The number of pyridine rings is 2. The summed E-state index contributed by atoms with van der Waals surface area (Å²) in [5.74, 6) is -2.36. The summed E-state index contributed by atoms with van der Waals surface area (Å²) in [7, 11) is 0. The molecule has 10 heteroatoms. The standard InChI is InChI=1S/C23H20ClF3N2O4/c1-13-9-16(6-8-28-13)22(32,23(25,26)27)14(2)18-4-3-17(11-19(18)24)33-12-15-5-7-29-20(10-15)21(30)31/h3-11,14,32H,12H2,1-2H3,(H,30,31). The highest BCUT2D eigenvalue weighted by atomic mass is 35.5. The van der Waals surface area contributed by atoms with E-state index >= 15 is 0 Å². The van der Waals surface area contributed by atoms with Crippen molar-refractivity contribution in [1.82, 2.24) is 9.97 Å². The Balaban J connectivity index is 1.87. The number of benzene rings is 1. The number of aliphatic hydroxyl groups is 1. The number of aromatic carboxylic acids is 1. The number of hydrogen-bond donors (Lipinski definition) is 2. The van der Waals surface area contributed by atoms with Crippen molar-refractivity contribution >= 4 is 17.6 Å². The first-order valence-electron chi connectivity index (χ1n) is 9.76. The van der Waals surface area contributed by atoms with E-state index in [1.807, 2.05) is 0 Å². The number of hydrogen-bond acceptors (Lipinski definition) is 5. The van der Waals surface area contributed by atoms with Gasteiger partial charge in [-0.05, 0) is 60.0 Å². The second-order valence-electron chi connectivity index (χ2n) is 7.50. The highest BCUT2D eigenvalue weighted by molar-refractivity contribution is 6.31. The predicted molar refractivity (Wildman–Crippen MR) is 114 cm³/mol. The molecule has 2 heterocycles. The first-order valence-corrected chi connectivity index (χ1v) is 10.1. The van der Waals surface area contributed by atoms with E-state index < -0.39 is 23.7 Å². The quantitative estimate of drug-likeness (QED) is 0.478. The number of carbonyl (C=O) groups is 1. The summed E-state index contributed by atoms with van der Waals surface area (Å²) in [5, 5.41) is 19.9. The van der Waals surface area contributed by atoms with Gasteiger partial charge < -0.3 is 14.9 Å². The molecule has 0 fully saturated rings. The Morgan fingerprint density at radius 2 is 1.82 bits per heavy atom. The minimum absolute atomic E-state index is 0.00316. The van der Waals surface area contributed by atoms with Gasteiger partial charge in [-0.15, -0.1) is 0 Å². The van der Waals surface area contributed by atoms with Crippen LogP contribution in [0.25, 0.3) is 0 Å². The first-order chi connectivity index (χ1) is 15.4.